The van der Waals surface area contributed by atoms with Crippen molar-refractivity contribution in [3.05, 3.63) is 71.0 Å². The molecule has 0 saturated heterocycles. The van der Waals surface area contributed by atoms with Crippen LogP contribution in [0, 0.1) is 13.8 Å². The number of amides is 2. The van der Waals surface area contributed by atoms with E-state index in [0.29, 0.717) is 6.54 Å². The third kappa shape index (κ3) is 5.71. The molecule has 2 aromatic carbocycles. The number of carbonyl (C=O) groups is 1. The van der Waals surface area contributed by atoms with Gasteiger partial charge in [-0.15, -0.1) is 10.2 Å². The molecule has 1 aliphatic rings. The van der Waals surface area contributed by atoms with Crippen molar-refractivity contribution in [2.75, 3.05) is 0 Å². The molecule has 0 atom stereocenters. The Balaban J connectivity index is 1.49. The summed E-state index contributed by atoms with van der Waals surface area (Å²) in [4.78, 5) is 12.4. The van der Waals surface area contributed by atoms with Crippen LogP contribution in [-0.2, 0) is 12.3 Å². The maximum atomic E-state index is 12.4. The van der Waals surface area contributed by atoms with Gasteiger partial charge in [-0.2, -0.15) is 0 Å². The molecule has 1 heterocycles. The lowest BCUT2D eigenvalue weighted by Gasteiger charge is -2.22. The first-order valence-electron chi connectivity index (χ1n) is 11.3. The Bertz CT molecular complexity index is 1040. The first-order chi connectivity index (χ1) is 15.6. The van der Waals surface area contributed by atoms with Crippen LogP contribution in [0.2, 0.25) is 0 Å². The Labute approximate surface area is 194 Å². The number of thioether (sulfide) groups is 1. The summed E-state index contributed by atoms with van der Waals surface area (Å²) >= 11 is 1.66. The summed E-state index contributed by atoms with van der Waals surface area (Å²) < 4.78 is 2.04. The van der Waals surface area contributed by atoms with Crippen LogP contribution in [0.5, 0.6) is 0 Å². The van der Waals surface area contributed by atoms with Crippen LogP contribution in [0.15, 0.2) is 53.7 Å². The normalized spacial score (nSPS) is 14.3. The molecule has 0 unspecified atom stereocenters. The topological polar surface area (TPSA) is 71.8 Å². The van der Waals surface area contributed by atoms with Gasteiger partial charge < -0.3 is 10.6 Å². The SMILES string of the molecule is Cc1ccc(-n2c(CNC(=O)NC3CCCCC3)nnc2SCc2ccccc2C)cc1. The molecule has 1 aromatic heterocycles. The molecule has 1 saturated carbocycles. The number of nitrogens with zero attached hydrogens (tertiary/aromatic N) is 3. The molecule has 3 aromatic rings. The lowest BCUT2D eigenvalue weighted by Crippen LogP contribution is -2.42. The van der Waals surface area contributed by atoms with Gasteiger partial charge in [0.2, 0.25) is 0 Å². The molecule has 32 heavy (non-hydrogen) atoms. The fourth-order valence-corrected chi connectivity index (χ4v) is 5.07. The van der Waals surface area contributed by atoms with Crippen LogP contribution in [0.1, 0.15) is 54.6 Å². The van der Waals surface area contributed by atoms with Crippen molar-refractivity contribution < 1.29 is 4.79 Å². The molecule has 7 heteroatoms. The van der Waals surface area contributed by atoms with E-state index in [-0.39, 0.29) is 12.1 Å². The first-order valence-corrected chi connectivity index (χ1v) is 12.3. The molecule has 6 nitrogen and oxygen atoms in total. The molecule has 2 N–H and O–H groups in total. The standard InChI is InChI=1S/C25H31N5OS/c1-18-12-14-22(15-13-18)30-23(16-26-24(31)27-21-10-4-3-5-11-21)28-29-25(30)32-17-20-9-7-6-8-19(20)2/h6-9,12-15,21H,3-5,10-11,16-17H2,1-2H3,(H2,26,27,31). The predicted octanol–water partition coefficient (Wildman–Crippen LogP) is 5.31. The number of hydrogen-bond donors (Lipinski definition) is 2. The average molecular weight is 450 g/mol. The average Bonchev–Trinajstić information content (AvgIpc) is 3.21. The van der Waals surface area contributed by atoms with Crippen LogP contribution in [-0.4, -0.2) is 26.8 Å². The van der Waals surface area contributed by atoms with Crippen molar-refractivity contribution in [2.45, 2.75) is 69.4 Å². The van der Waals surface area contributed by atoms with Crippen LogP contribution in [0.3, 0.4) is 0 Å². The number of aromatic nitrogens is 3. The van der Waals surface area contributed by atoms with Gasteiger partial charge in [-0.05, 0) is 49.9 Å². The highest BCUT2D eigenvalue weighted by Crippen LogP contribution is 2.26. The number of carbonyl (C=O) groups excluding carboxylic acids is 1. The number of urea groups is 1. The summed E-state index contributed by atoms with van der Waals surface area (Å²) in [6.07, 6.45) is 5.77. The Morgan fingerprint density at radius 2 is 1.78 bits per heavy atom. The molecular formula is C25H31N5OS. The van der Waals surface area contributed by atoms with Gasteiger partial charge in [0, 0.05) is 17.5 Å². The highest BCUT2D eigenvalue weighted by atomic mass is 32.2. The lowest BCUT2D eigenvalue weighted by atomic mass is 9.96. The van der Waals surface area contributed by atoms with Crippen LogP contribution in [0.25, 0.3) is 5.69 Å². The number of aryl methyl sites for hydroxylation is 2. The molecule has 1 aliphatic carbocycles. The number of rotatable bonds is 7. The third-order valence-corrected chi connectivity index (χ3v) is 6.94. The van der Waals surface area contributed by atoms with Crippen molar-refractivity contribution in [3.8, 4) is 5.69 Å². The number of benzene rings is 2. The number of nitrogens with one attached hydrogen (secondary N) is 2. The molecule has 2 amide bonds. The highest BCUT2D eigenvalue weighted by Gasteiger charge is 2.18. The van der Waals surface area contributed by atoms with E-state index in [9.17, 15) is 4.79 Å². The predicted molar refractivity (Wildman–Crippen MR) is 129 cm³/mol. The lowest BCUT2D eigenvalue weighted by molar-refractivity contribution is 0.232. The summed E-state index contributed by atoms with van der Waals surface area (Å²) in [5, 5.41) is 15.8. The van der Waals surface area contributed by atoms with Crippen molar-refractivity contribution in [1.82, 2.24) is 25.4 Å². The fraction of sp³-hybridized carbons (Fsp3) is 0.400. The van der Waals surface area contributed by atoms with Gasteiger partial charge in [0.05, 0.1) is 6.54 Å². The second kappa shape index (κ2) is 10.7. The van der Waals surface area contributed by atoms with Crippen LogP contribution >= 0.6 is 11.8 Å². The Hall–Kier alpha value is -2.80. The molecule has 0 bridgehead atoms. The van der Waals surface area contributed by atoms with E-state index in [4.69, 9.17) is 0 Å². The molecule has 4 rings (SSSR count). The largest absolute Gasteiger partial charge is 0.335 e. The fourth-order valence-electron chi connectivity index (χ4n) is 4.02. The van der Waals surface area contributed by atoms with E-state index in [1.807, 2.05) is 4.57 Å². The maximum Gasteiger partial charge on any atom is 0.315 e. The molecular weight excluding hydrogens is 418 g/mol. The van der Waals surface area contributed by atoms with E-state index >= 15 is 0 Å². The minimum Gasteiger partial charge on any atom is -0.335 e. The maximum absolute atomic E-state index is 12.4. The second-order valence-corrected chi connectivity index (χ2v) is 9.39. The summed E-state index contributed by atoms with van der Waals surface area (Å²) in [6, 6.07) is 16.8. The van der Waals surface area contributed by atoms with Crippen molar-refractivity contribution >= 4 is 17.8 Å². The quantitative estimate of drug-likeness (QED) is 0.480. The van der Waals surface area contributed by atoms with E-state index in [2.05, 4.69) is 83.2 Å². The summed E-state index contributed by atoms with van der Waals surface area (Å²) in [5.41, 5.74) is 4.74. The second-order valence-electron chi connectivity index (χ2n) is 8.45. The Morgan fingerprint density at radius 1 is 1.03 bits per heavy atom. The highest BCUT2D eigenvalue weighted by molar-refractivity contribution is 7.98. The van der Waals surface area contributed by atoms with E-state index in [1.165, 1.54) is 36.0 Å². The number of hydrogen-bond acceptors (Lipinski definition) is 4. The van der Waals surface area contributed by atoms with Gasteiger partial charge in [0.25, 0.3) is 0 Å². The summed E-state index contributed by atoms with van der Waals surface area (Å²) in [6.45, 7) is 4.52. The third-order valence-electron chi connectivity index (χ3n) is 5.96. The van der Waals surface area contributed by atoms with Crippen molar-refractivity contribution in [3.63, 3.8) is 0 Å². The van der Waals surface area contributed by atoms with Gasteiger partial charge in [0.15, 0.2) is 11.0 Å². The summed E-state index contributed by atoms with van der Waals surface area (Å²) in [5.74, 6) is 1.53. The van der Waals surface area contributed by atoms with Gasteiger partial charge in [0.1, 0.15) is 0 Å². The molecule has 168 valence electrons. The first kappa shape index (κ1) is 22.4. The van der Waals surface area contributed by atoms with E-state index in [1.54, 1.807) is 11.8 Å². The van der Waals surface area contributed by atoms with E-state index < -0.39 is 0 Å². The minimum absolute atomic E-state index is 0.135. The van der Waals surface area contributed by atoms with E-state index in [0.717, 1.165) is 35.3 Å². The zero-order valence-electron chi connectivity index (χ0n) is 18.8. The van der Waals surface area contributed by atoms with Gasteiger partial charge in [-0.25, -0.2) is 4.79 Å². The smallest absolute Gasteiger partial charge is 0.315 e. The molecule has 0 radical (unpaired) electrons. The van der Waals surface area contributed by atoms with Gasteiger partial charge in [-0.1, -0.05) is 73.0 Å². The monoisotopic (exact) mass is 449 g/mol. The zero-order chi connectivity index (χ0) is 22.3. The van der Waals surface area contributed by atoms with Crippen molar-refractivity contribution in [1.29, 1.82) is 0 Å². The minimum atomic E-state index is -0.135. The van der Waals surface area contributed by atoms with Gasteiger partial charge >= 0.3 is 6.03 Å². The zero-order valence-corrected chi connectivity index (χ0v) is 19.6. The molecule has 1 fully saturated rings. The molecule has 0 spiro atoms. The summed E-state index contributed by atoms with van der Waals surface area (Å²) in [7, 11) is 0. The Kier molecular flexibility index (Phi) is 7.47. The van der Waals surface area contributed by atoms with Crippen LogP contribution in [0.4, 0.5) is 4.79 Å². The molecule has 0 aliphatic heterocycles. The van der Waals surface area contributed by atoms with Crippen LogP contribution < -0.4 is 10.6 Å². The Morgan fingerprint density at radius 3 is 2.53 bits per heavy atom. The van der Waals surface area contributed by atoms with Gasteiger partial charge in [-0.3, -0.25) is 4.57 Å². The van der Waals surface area contributed by atoms with Crippen molar-refractivity contribution in [2.24, 2.45) is 0 Å².